The lowest BCUT2D eigenvalue weighted by Gasteiger charge is -2.05. The molecule has 0 aliphatic rings. The minimum Gasteiger partial charge on any atom is -0.459 e. The topological polar surface area (TPSA) is 114 Å². The van der Waals surface area contributed by atoms with E-state index in [1.807, 2.05) is 0 Å². The molecule has 0 bridgehead atoms. The van der Waals surface area contributed by atoms with Crippen molar-refractivity contribution < 1.29 is 18.7 Å². The van der Waals surface area contributed by atoms with E-state index in [-0.39, 0.29) is 30.3 Å². The van der Waals surface area contributed by atoms with Gasteiger partial charge in [0.25, 0.3) is 11.5 Å². The fraction of sp³-hybridized carbons (Fsp3) is 0.143. The number of aromatic amines is 1. The fourth-order valence-corrected chi connectivity index (χ4v) is 2.56. The second kappa shape index (κ2) is 6.44. The first kappa shape index (κ1) is 15.0. The van der Waals surface area contributed by atoms with Crippen LogP contribution in [0.5, 0.6) is 0 Å². The fourth-order valence-electron chi connectivity index (χ4n) is 1.84. The lowest BCUT2D eigenvalue weighted by atomic mass is 10.4. The molecule has 2 N–H and O–H groups in total. The molecule has 0 saturated carbocycles. The van der Waals surface area contributed by atoms with E-state index in [2.05, 4.69) is 15.3 Å². The molecular weight excluding hydrogens is 322 g/mol. The van der Waals surface area contributed by atoms with Crippen molar-refractivity contribution >= 4 is 33.4 Å². The number of nitrogens with one attached hydrogen (secondary N) is 2. The SMILES string of the molecule is O=C(CNC(=O)c1ccco1)OCc1nc2ccsc2c(=O)[nH]1. The van der Waals surface area contributed by atoms with Gasteiger partial charge in [0, 0.05) is 0 Å². The second-order valence-corrected chi connectivity index (χ2v) is 5.38. The van der Waals surface area contributed by atoms with Gasteiger partial charge in [0.1, 0.15) is 23.7 Å². The molecule has 3 aromatic heterocycles. The third-order valence-corrected chi connectivity index (χ3v) is 3.77. The molecule has 118 valence electrons. The van der Waals surface area contributed by atoms with Gasteiger partial charge in [-0.1, -0.05) is 0 Å². The Hall–Kier alpha value is -2.94. The summed E-state index contributed by atoms with van der Waals surface area (Å²) in [5, 5.41) is 4.12. The first-order valence-electron chi connectivity index (χ1n) is 6.57. The van der Waals surface area contributed by atoms with E-state index in [1.165, 1.54) is 23.7 Å². The van der Waals surface area contributed by atoms with E-state index in [1.54, 1.807) is 17.5 Å². The molecule has 0 aromatic carbocycles. The normalized spacial score (nSPS) is 10.6. The van der Waals surface area contributed by atoms with Gasteiger partial charge in [-0.2, -0.15) is 0 Å². The number of hydrogen-bond acceptors (Lipinski definition) is 7. The number of fused-ring (bicyclic) bond motifs is 1. The summed E-state index contributed by atoms with van der Waals surface area (Å²) in [6, 6.07) is 4.76. The minimum atomic E-state index is -0.655. The van der Waals surface area contributed by atoms with E-state index in [0.717, 1.165) is 0 Å². The van der Waals surface area contributed by atoms with Gasteiger partial charge in [-0.3, -0.25) is 14.4 Å². The Morgan fingerprint density at radius 2 is 2.26 bits per heavy atom. The Labute approximate surface area is 133 Å². The van der Waals surface area contributed by atoms with Crippen molar-refractivity contribution in [2.45, 2.75) is 6.61 Å². The van der Waals surface area contributed by atoms with Gasteiger partial charge in [-0.15, -0.1) is 11.3 Å². The summed E-state index contributed by atoms with van der Waals surface area (Å²) in [5.41, 5.74) is 0.276. The van der Waals surface area contributed by atoms with Crippen molar-refractivity contribution in [3.63, 3.8) is 0 Å². The molecule has 8 nitrogen and oxygen atoms in total. The van der Waals surface area contributed by atoms with Crippen molar-refractivity contribution in [2.75, 3.05) is 6.54 Å². The molecule has 9 heteroatoms. The van der Waals surface area contributed by atoms with Gasteiger partial charge in [0.05, 0.1) is 11.8 Å². The van der Waals surface area contributed by atoms with Gasteiger partial charge < -0.3 is 19.5 Å². The molecule has 0 spiro atoms. The second-order valence-electron chi connectivity index (χ2n) is 4.47. The average Bonchev–Trinajstić information content (AvgIpc) is 3.21. The molecule has 0 radical (unpaired) electrons. The zero-order valence-electron chi connectivity index (χ0n) is 11.7. The highest BCUT2D eigenvalue weighted by Crippen LogP contribution is 2.13. The van der Waals surface area contributed by atoms with Gasteiger partial charge in [0.2, 0.25) is 0 Å². The highest BCUT2D eigenvalue weighted by molar-refractivity contribution is 7.17. The Kier molecular flexibility index (Phi) is 4.20. The highest BCUT2D eigenvalue weighted by Gasteiger charge is 2.12. The number of esters is 1. The molecule has 1 amide bonds. The van der Waals surface area contributed by atoms with Crippen LogP contribution in [0.3, 0.4) is 0 Å². The number of thiophene rings is 1. The summed E-state index contributed by atoms with van der Waals surface area (Å²) >= 11 is 1.29. The molecule has 0 unspecified atom stereocenters. The van der Waals surface area contributed by atoms with E-state index >= 15 is 0 Å². The lowest BCUT2D eigenvalue weighted by molar-refractivity contribution is -0.143. The van der Waals surface area contributed by atoms with Crippen LogP contribution in [-0.2, 0) is 16.1 Å². The predicted octanol–water partition coefficient (Wildman–Crippen LogP) is 1.05. The van der Waals surface area contributed by atoms with Gasteiger partial charge in [-0.05, 0) is 23.6 Å². The number of aromatic nitrogens is 2. The lowest BCUT2D eigenvalue weighted by Crippen LogP contribution is -2.30. The summed E-state index contributed by atoms with van der Waals surface area (Å²) in [6.07, 6.45) is 1.36. The highest BCUT2D eigenvalue weighted by atomic mass is 32.1. The number of ether oxygens (including phenoxy) is 1. The molecular formula is C14H11N3O5S. The van der Waals surface area contributed by atoms with Gasteiger partial charge >= 0.3 is 5.97 Å². The van der Waals surface area contributed by atoms with Gasteiger partial charge in [-0.25, -0.2) is 4.98 Å². The van der Waals surface area contributed by atoms with Crippen molar-refractivity contribution in [1.82, 2.24) is 15.3 Å². The third-order valence-electron chi connectivity index (χ3n) is 2.87. The number of carbonyl (C=O) groups is 2. The molecule has 0 saturated heterocycles. The third kappa shape index (κ3) is 3.46. The summed E-state index contributed by atoms with van der Waals surface area (Å²) < 4.78 is 10.4. The Morgan fingerprint density at radius 1 is 1.39 bits per heavy atom. The smallest absolute Gasteiger partial charge is 0.325 e. The van der Waals surface area contributed by atoms with Crippen LogP contribution in [0.25, 0.3) is 10.2 Å². The average molecular weight is 333 g/mol. The van der Waals surface area contributed by atoms with Crippen molar-refractivity contribution in [3.8, 4) is 0 Å². The van der Waals surface area contributed by atoms with Crippen LogP contribution in [-0.4, -0.2) is 28.4 Å². The van der Waals surface area contributed by atoms with Crippen LogP contribution >= 0.6 is 11.3 Å². The van der Waals surface area contributed by atoms with Crippen molar-refractivity contribution in [1.29, 1.82) is 0 Å². The monoisotopic (exact) mass is 333 g/mol. The van der Waals surface area contributed by atoms with E-state index in [4.69, 9.17) is 9.15 Å². The largest absolute Gasteiger partial charge is 0.459 e. The summed E-state index contributed by atoms with van der Waals surface area (Å²) in [7, 11) is 0. The zero-order chi connectivity index (χ0) is 16.2. The van der Waals surface area contributed by atoms with Crippen molar-refractivity contribution in [2.24, 2.45) is 0 Å². The van der Waals surface area contributed by atoms with Crippen LogP contribution in [0.1, 0.15) is 16.4 Å². The van der Waals surface area contributed by atoms with E-state index < -0.39 is 11.9 Å². The Balaban J connectivity index is 1.54. The van der Waals surface area contributed by atoms with Crippen LogP contribution < -0.4 is 10.9 Å². The number of nitrogens with zero attached hydrogens (tertiary/aromatic N) is 1. The number of amides is 1. The molecule has 0 aliphatic heterocycles. The zero-order valence-corrected chi connectivity index (χ0v) is 12.5. The number of rotatable bonds is 5. The molecule has 3 rings (SSSR count). The molecule has 0 aliphatic carbocycles. The number of hydrogen-bond donors (Lipinski definition) is 2. The molecule has 0 atom stereocenters. The molecule has 23 heavy (non-hydrogen) atoms. The quantitative estimate of drug-likeness (QED) is 0.675. The summed E-state index contributed by atoms with van der Waals surface area (Å²) in [4.78, 5) is 41.7. The molecule has 3 heterocycles. The number of H-pyrrole nitrogens is 1. The van der Waals surface area contributed by atoms with Crippen LogP contribution in [0.4, 0.5) is 0 Å². The van der Waals surface area contributed by atoms with Crippen LogP contribution in [0, 0.1) is 0 Å². The maximum atomic E-state index is 11.8. The molecule has 3 aromatic rings. The maximum Gasteiger partial charge on any atom is 0.325 e. The minimum absolute atomic E-state index is 0.103. The maximum absolute atomic E-state index is 11.8. The summed E-state index contributed by atoms with van der Waals surface area (Å²) in [5.74, 6) is -0.825. The standard InChI is InChI=1S/C14H11N3O5S/c18-11(6-15-13(19)9-2-1-4-21-9)22-7-10-16-8-3-5-23-12(8)14(20)17-10/h1-5H,6-7H2,(H,15,19)(H,16,17,20). The Morgan fingerprint density at radius 3 is 3.04 bits per heavy atom. The first-order chi connectivity index (χ1) is 11.1. The van der Waals surface area contributed by atoms with E-state index in [9.17, 15) is 14.4 Å². The van der Waals surface area contributed by atoms with Crippen LogP contribution in [0.15, 0.2) is 39.1 Å². The van der Waals surface area contributed by atoms with Crippen molar-refractivity contribution in [3.05, 3.63) is 51.8 Å². The summed E-state index contributed by atoms with van der Waals surface area (Å²) in [6.45, 7) is -0.499. The van der Waals surface area contributed by atoms with E-state index in [0.29, 0.717) is 10.2 Å². The first-order valence-corrected chi connectivity index (χ1v) is 7.45. The Bertz CT molecular complexity index is 897. The number of furan rings is 1. The number of carbonyl (C=O) groups excluding carboxylic acids is 2. The predicted molar refractivity (Wildman–Crippen MR) is 81.1 cm³/mol. The molecule has 0 fully saturated rings. The van der Waals surface area contributed by atoms with Gasteiger partial charge in [0.15, 0.2) is 5.76 Å². The van der Waals surface area contributed by atoms with Crippen LogP contribution in [0.2, 0.25) is 0 Å².